The summed E-state index contributed by atoms with van der Waals surface area (Å²) in [6.07, 6.45) is 0. The van der Waals surface area contributed by atoms with Crippen LogP contribution in [0.15, 0.2) is 30.3 Å². The predicted molar refractivity (Wildman–Crippen MR) is 71.3 cm³/mol. The average Bonchev–Trinajstić information content (AvgIpc) is 2.72. The minimum Gasteiger partial charge on any atom is -0.465 e. The first kappa shape index (κ1) is 12.9. The van der Waals surface area contributed by atoms with Crippen molar-refractivity contribution in [2.45, 2.75) is 13.8 Å². The molecule has 1 aromatic carbocycles. The van der Waals surface area contributed by atoms with E-state index in [1.165, 1.54) is 7.11 Å². The second-order valence-corrected chi connectivity index (χ2v) is 4.27. The Hall–Kier alpha value is -2.54. The third-order valence-electron chi connectivity index (χ3n) is 3.08. The van der Waals surface area contributed by atoms with Gasteiger partial charge in [0.15, 0.2) is 0 Å². The fourth-order valence-corrected chi connectivity index (χ4v) is 2.16. The smallest absolute Gasteiger partial charge is 0.337 e. The summed E-state index contributed by atoms with van der Waals surface area (Å²) < 4.78 is 6.66. The van der Waals surface area contributed by atoms with Gasteiger partial charge in [-0.05, 0) is 38.1 Å². The molecule has 1 heterocycles. The van der Waals surface area contributed by atoms with Crippen molar-refractivity contribution in [1.82, 2.24) is 4.57 Å². The molecule has 0 unspecified atom stereocenters. The van der Waals surface area contributed by atoms with Gasteiger partial charge in [-0.15, -0.1) is 0 Å². The third kappa shape index (κ3) is 2.23. The van der Waals surface area contributed by atoms with E-state index >= 15 is 0 Å². The van der Waals surface area contributed by atoms with Crippen molar-refractivity contribution >= 4 is 5.97 Å². The zero-order valence-corrected chi connectivity index (χ0v) is 11.1. The van der Waals surface area contributed by atoms with Crippen molar-refractivity contribution in [2.24, 2.45) is 0 Å². The molecule has 4 nitrogen and oxygen atoms in total. The Morgan fingerprint density at radius 2 is 2.05 bits per heavy atom. The summed E-state index contributed by atoms with van der Waals surface area (Å²) in [4.78, 5) is 11.5. The highest BCUT2D eigenvalue weighted by Crippen LogP contribution is 2.21. The van der Waals surface area contributed by atoms with E-state index in [2.05, 4.69) is 6.07 Å². The van der Waals surface area contributed by atoms with Crippen LogP contribution < -0.4 is 0 Å². The Labute approximate surface area is 111 Å². The van der Waals surface area contributed by atoms with Gasteiger partial charge in [-0.25, -0.2) is 4.79 Å². The number of carbonyl (C=O) groups excluding carboxylic acids is 1. The first-order valence-electron chi connectivity index (χ1n) is 5.86. The van der Waals surface area contributed by atoms with Gasteiger partial charge in [0.05, 0.1) is 18.2 Å². The van der Waals surface area contributed by atoms with E-state index < -0.39 is 0 Å². The van der Waals surface area contributed by atoms with Crippen molar-refractivity contribution in [3.63, 3.8) is 0 Å². The zero-order chi connectivity index (χ0) is 14.0. The number of nitrogens with zero attached hydrogens (tertiary/aromatic N) is 2. The molecule has 0 radical (unpaired) electrons. The Morgan fingerprint density at radius 1 is 1.32 bits per heavy atom. The van der Waals surface area contributed by atoms with E-state index in [0.717, 1.165) is 17.1 Å². The molecule has 96 valence electrons. The summed E-state index contributed by atoms with van der Waals surface area (Å²) in [7, 11) is 1.36. The lowest BCUT2D eigenvalue weighted by Crippen LogP contribution is -2.04. The Bertz CT molecular complexity index is 678. The molecule has 0 fully saturated rings. The number of hydrogen-bond acceptors (Lipinski definition) is 3. The Kier molecular flexibility index (Phi) is 3.39. The van der Waals surface area contributed by atoms with E-state index in [4.69, 9.17) is 10.00 Å². The number of benzene rings is 1. The summed E-state index contributed by atoms with van der Waals surface area (Å²) >= 11 is 0. The summed E-state index contributed by atoms with van der Waals surface area (Å²) in [5, 5.41) is 9.05. The molecule has 0 saturated carbocycles. The van der Waals surface area contributed by atoms with Crippen LogP contribution in [0.3, 0.4) is 0 Å². The molecule has 0 aliphatic heterocycles. The third-order valence-corrected chi connectivity index (χ3v) is 3.08. The number of rotatable bonds is 2. The maximum atomic E-state index is 11.5. The monoisotopic (exact) mass is 254 g/mol. The number of ether oxygens (including phenoxy) is 1. The largest absolute Gasteiger partial charge is 0.465 e. The van der Waals surface area contributed by atoms with Crippen molar-refractivity contribution in [2.75, 3.05) is 7.11 Å². The molecule has 0 aliphatic carbocycles. The lowest BCUT2D eigenvalue weighted by Gasteiger charge is -2.10. The second-order valence-electron chi connectivity index (χ2n) is 4.27. The average molecular weight is 254 g/mol. The van der Waals surface area contributed by atoms with Gasteiger partial charge in [0, 0.05) is 17.1 Å². The molecule has 2 aromatic rings. The molecule has 0 amide bonds. The fraction of sp³-hybridized carbons (Fsp3) is 0.200. The quantitative estimate of drug-likeness (QED) is 0.774. The molecule has 0 spiro atoms. The molecule has 1 aromatic heterocycles. The van der Waals surface area contributed by atoms with Gasteiger partial charge >= 0.3 is 5.97 Å². The van der Waals surface area contributed by atoms with Crippen LogP contribution in [0, 0.1) is 25.2 Å². The van der Waals surface area contributed by atoms with E-state index in [-0.39, 0.29) is 5.97 Å². The minimum absolute atomic E-state index is 0.371. The number of methoxy groups -OCH3 is 1. The predicted octanol–water partition coefficient (Wildman–Crippen LogP) is 2.75. The van der Waals surface area contributed by atoms with Crippen LogP contribution in [-0.4, -0.2) is 17.6 Å². The molecule has 0 atom stereocenters. The fourth-order valence-electron chi connectivity index (χ4n) is 2.16. The van der Waals surface area contributed by atoms with Gasteiger partial charge in [0.2, 0.25) is 0 Å². The molecule has 4 heteroatoms. The Balaban J connectivity index is 2.57. The van der Waals surface area contributed by atoms with Crippen molar-refractivity contribution in [3.8, 4) is 11.8 Å². The summed E-state index contributed by atoms with van der Waals surface area (Å²) in [5.74, 6) is -0.371. The van der Waals surface area contributed by atoms with E-state index in [1.54, 1.807) is 18.2 Å². The molecule has 0 N–H and O–H groups in total. The van der Waals surface area contributed by atoms with Crippen LogP contribution in [0.4, 0.5) is 0 Å². The number of hydrogen-bond donors (Lipinski definition) is 0. The van der Waals surface area contributed by atoms with Gasteiger partial charge in [0.1, 0.15) is 6.07 Å². The molecular weight excluding hydrogens is 240 g/mol. The second kappa shape index (κ2) is 4.99. The normalized spacial score (nSPS) is 10.0. The molecule has 0 bridgehead atoms. The number of nitriles is 1. The molecule has 0 saturated heterocycles. The van der Waals surface area contributed by atoms with Gasteiger partial charge in [0.25, 0.3) is 0 Å². The molecular formula is C15H14N2O2. The van der Waals surface area contributed by atoms with Gasteiger partial charge in [-0.2, -0.15) is 5.26 Å². The summed E-state index contributed by atoms with van der Waals surface area (Å²) in [6.45, 7) is 3.81. The summed E-state index contributed by atoms with van der Waals surface area (Å²) in [6, 6.07) is 11.2. The maximum Gasteiger partial charge on any atom is 0.337 e. The lowest BCUT2D eigenvalue weighted by atomic mass is 10.2. The van der Waals surface area contributed by atoms with Crippen molar-refractivity contribution in [1.29, 1.82) is 5.26 Å². The van der Waals surface area contributed by atoms with Crippen LogP contribution in [0.5, 0.6) is 0 Å². The van der Waals surface area contributed by atoms with E-state index in [1.807, 2.05) is 30.5 Å². The SMILES string of the molecule is COC(=O)c1cccc(-n2c(C)cc(C#N)c2C)c1. The Morgan fingerprint density at radius 3 is 2.63 bits per heavy atom. The maximum absolute atomic E-state index is 11.5. The topological polar surface area (TPSA) is 55.0 Å². The summed E-state index contributed by atoms with van der Waals surface area (Å²) in [5.41, 5.74) is 3.80. The van der Waals surface area contributed by atoms with Crippen molar-refractivity contribution < 1.29 is 9.53 Å². The number of esters is 1. The number of aromatic nitrogens is 1. The standard InChI is InChI=1S/C15H14N2O2/c1-10-7-13(9-16)11(2)17(10)14-6-4-5-12(8-14)15(18)19-3/h4-8H,1-3H3. The molecule has 2 rings (SSSR count). The highest BCUT2D eigenvalue weighted by Gasteiger charge is 2.12. The first-order valence-corrected chi connectivity index (χ1v) is 5.86. The van der Waals surface area contributed by atoms with E-state index in [0.29, 0.717) is 11.1 Å². The van der Waals surface area contributed by atoms with Crippen molar-refractivity contribution in [3.05, 3.63) is 52.8 Å². The highest BCUT2D eigenvalue weighted by atomic mass is 16.5. The zero-order valence-electron chi connectivity index (χ0n) is 11.1. The van der Waals surface area contributed by atoms with Gasteiger partial charge in [-0.3, -0.25) is 0 Å². The van der Waals surface area contributed by atoms with Crippen LogP contribution in [-0.2, 0) is 4.74 Å². The first-order chi connectivity index (χ1) is 9.08. The van der Waals surface area contributed by atoms with E-state index in [9.17, 15) is 4.79 Å². The lowest BCUT2D eigenvalue weighted by molar-refractivity contribution is 0.0600. The van der Waals surface area contributed by atoms with Crippen LogP contribution in [0.2, 0.25) is 0 Å². The number of carbonyl (C=O) groups is 1. The van der Waals surface area contributed by atoms with Crippen LogP contribution in [0.25, 0.3) is 5.69 Å². The number of aryl methyl sites for hydroxylation is 1. The highest BCUT2D eigenvalue weighted by molar-refractivity contribution is 5.89. The molecule has 19 heavy (non-hydrogen) atoms. The van der Waals surface area contributed by atoms with Gasteiger partial charge in [-0.1, -0.05) is 6.07 Å². The minimum atomic E-state index is -0.371. The van der Waals surface area contributed by atoms with Crippen LogP contribution in [0.1, 0.15) is 27.3 Å². The van der Waals surface area contributed by atoms with Crippen LogP contribution >= 0.6 is 0 Å². The van der Waals surface area contributed by atoms with Gasteiger partial charge < -0.3 is 9.30 Å². The molecule has 0 aliphatic rings.